The van der Waals surface area contributed by atoms with Crippen molar-refractivity contribution in [1.82, 2.24) is 24.5 Å². The first kappa shape index (κ1) is 19.7. The molecular weight excluding hydrogens is 421 g/mol. The fourth-order valence-corrected chi connectivity index (χ4v) is 3.74. The number of hydrogen-bond acceptors (Lipinski definition) is 5. The minimum atomic E-state index is -0.951. The standard InChI is InChI=1S/C22H15F3N6O/c1-11(30-21-18-20(27-9-26-18)28-10-29-21)16-8-12-4-2-5-13(23)17(12)22(32)31(16)19-14(24)6-3-7-15(19)25/h2-11H,1H3,(H2,26,27,28,29,30). The monoisotopic (exact) mass is 436 g/mol. The molecule has 3 heterocycles. The van der Waals surface area contributed by atoms with Crippen LogP contribution in [0.2, 0.25) is 0 Å². The third-order valence-corrected chi connectivity index (χ3v) is 5.20. The van der Waals surface area contributed by atoms with Crippen LogP contribution in [0.5, 0.6) is 0 Å². The molecule has 0 saturated heterocycles. The Morgan fingerprint density at radius 2 is 1.72 bits per heavy atom. The third-order valence-electron chi connectivity index (χ3n) is 5.20. The molecule has 160 valence electrons. The Kier molecular flexibility index (Phi) is 4.62. The molecule has 5 aromatic rings. The van der Waals surface area contributed by atoms with Gasteiger partial charge in [0.1, 0.15) is 35.0 Å². The van der Waals surface area contributed by atoms with E-state index in [0.29, 0.717) is 22.4 Å². The van der Waals surface area contributed by atoms with Gasteiger partial charge in [-0.3, -0.25) is 9.36 Å². The van der Waals surface area contributed by atoms with E-state index in [1.807, 2.05) is 0 Å². The molecular formula is C22H15F3N6O. The molecule has 7 nitrogen and oxygen atoms in total. The van der Waals surface area contributed by atoms with Crippen molar-refractivity contribution in [1.29, 1.82) is 0 Å². The quantitative estimate of drug-likeness (QED) is 0.440. The number of nitrogens with zero attached hydrogens (tertiary/aromatic N) is 4. The molecule has 0 aliphatic carbocycles. The number of hydrogen-bond donors (Lipinski definition) is 2. The first-order valence-corrected chi connectivity index (χ1v) is 9.65. The fraction of sp³-hybridized carbons (Fsp3) is 0.0909. The van der Waals surface area contributed by atoms with Crippen LogP contribution in [0.4, 0.5) is 19.0 Å². The van der Waals surface area contributed by atoms with Crippen LogP contribution >= 0.6 is 0 Å². The van der Waals surface area contributed by atoms with Crippen molar-refractivity contribution in [2.24, 2.45) is 0 Å². The Balaban J connectivity index is 1.76. The van der Waals surface area contributed by atoms with Crippen molar-refractivity contribution in [3.8, 4) is 5.69 Å². The van der Waals surface area contributed by atoms with E-state index in [4.69, 9.17) is 0 Å². The summed E-state index contributed by atoms with van der Waals surface area (Å²) in [6.45, 7) is 1.69. The van der Waals surface area contributed by atoms with Gasteiger partial charge in [-0.25, -0.2) is 28.1 Å². The lowest BCUT2D eigenvalue weighted by atomic mass is 10.1. The number of para-hydroxylation sites is 1. The molecule has 2 aromatic carbocycles. The van der Waals surface area contributed by atoms with Gasteiger partial charge in [0.25, 0.3) is 5.56 Å². The fourth-order valence-electron chi connectivity index (χ4n) is 3.74. The summed E-state index contributed by atoms with van der Waals surface area (Å²) < 4.78 is 44.8. The zero-order valence-corrected chi connectivity index (χ0v) is 16.6. The Morgan fingerprint density at radius 3 is 2.50 bits per heavy atom. The summed E-state index contributed by atoms with van der Waals surface area (Å²) in [5, 5.41) is 3.15. The Morgan fingerprint density at radius 1 is 1.00 bits per heavy atom. The minimum Gasteiger partial charge on any atom is -0.360 e. The molecule has 10 heteroatoms. The van der Waals surface area contributed by atoms with Crippen LogP contribution in [0.1, 0.15) is 18.7 Å². The summed E-state index contributed by atoms with van der Waals surface area (Å²) in [5.41, 5.74) is -0.302. The lowest BCUT2D eigenvalue weighted by Crippen LogP contribution is -2.27. The molecule has 1 unspecified atom stereocenters. The number of rotatable bonds is 4. The molecule has 0 aliphatic heterocycles. The molecule has 0 radical (unpaired) electrons. The highest BCUT2D eigenvalue weighted by molar-refractivity contribution is 5.84. The van der Waals surface area contributed by atoms with Crippen molar-refractivity contribution >= 4 is 27.8 Å². The van der Waals surface area contributed by atoms with Crippen molar-refractivity contribution in [3.63, 3.8) is 0 Å². The van der Waals surface area contributed by atoms with Gasteiger partial charge in [0.05, 0.1) is 17.8 Å². The summed E-state index contributed by atoms with van der Waals surface area (Å²) >= 11 is 0. The normalized spacial score (nSPS) is 12.4. The number of imidazole rings is 1. The van der Waals surface area contributed by atoms with E-state index in [1.165, 1.54) is 30.9 Å². The first-order valence-electron chi connectivity index (χ1n) is 9.65. The second-order valence-corrected chi connectivity index (χ2v) is 7.17. The average Bonchev–Trinajstić information content (AvgIpc) is 3.24. The zero-order chi connectivity index (χ0) is 22.4. The molecule has 5 rings (SSSR count). The average molecular weight is 436 g/mol. The predicted molar refractivity (Wildman–Crippen MR) is 113 cm³/mol. The number of benzene rings is 2. The lowest BCUT2D eigenvalue weighted by Gasteiger charge is -2.22. The van der Waals surface area contributed by atoms with Gasteiger partial charge in [-0.15, -0.1) is 0 Å². The topological polar surface area (TPSA) is 88.5 Å². The Hall–Kier alpha value is -4.21. The van der Waals surface area contributed by atoms with Crippen LogP contribution in [0.3, 0.4) is 0 Å². The van der Waals surface area contributed by atoms with Gasteiger partial charge in [0.15, 0.2) is 11.5 Å². The number of anilines is 1. The van der Waals surface area contributed by atoms with Crippen molar-refractivity contribution < 1.29 is 13.2 Å². The lowest BCUT2D eigenvalue weighted by molar-refractivity contribution is 0.560. The molecule has 1 atom stereocenters. The number of nitrogens with one attached hydrogen (secondary N) is 2. The molecule has 0 aliphatic rings. The van der Waals surface area contributed by atoms with Crippen molar-refractivity contribution in [2.45, 2.75) is 13.0 Å². The maximum atomic E-state index is 14.7. The van der Waals surface area contributed by atoms with Gasteiger partial charge in [0.2, 0.25) is 0 Å². The van der Waals surface area contributed by atoms with Crippen LogP contribution in [0.15, 0.2) is 59.9 Å². The molecule has 2 N–H and O–H groups in total. The molecule has 3 aromatic heterocycles. The first-order chi connectivity index (χ1) is 15.5. The highest BCUT2D eigenvalue weighted by Crippen LogP contribution is 2.28. The second-order valence-electron chi connectivity index (χ2n) is 7.17. The van der Waals surface area contributed by atoms with Gasteiger partial charge >= 0.3 is 0 Å². The number of fused-ring (bicyclic) bond motifs is 2. The smallest absolute Gasteiger partial charge is 0.266 e. The third kappa shape index (κ3) is 3.08. The number of aromatic nitrogens is 5. The van der Waals surface area contributed by atoms with Crippen molar-refractivity contribution in [2.75, 3.05) is 5.32 Å². The van der Waals surface area contributed by atoms with E-state index in [-0.39, 0.29) is 11.1 Å². The van der Waals surface area contributed by atoms with E-state index >= 15 is 0 Å². The molecule has 0 amide bonds. The zero-order valence-electron chi connectivity index (χ0n) is 16.6. The SMILES string of the molecule is CC(Nc1ncnc2[nH]cnc12)c1cc2cccc(F)c2c(=O)n1-c1c(F)cccc1F. The summed E-state index contributed by atoms with van der Waals surface area (Å²) in [7, 11) is 0. The van der Waals surface area contributed by atoms with E-state index in [1.54, 1.807) is 13.0 Å². The van der Waals surface area contributed by atoms with Crippen LogP contribution in [0, 0.1) is 17.5 Å². The highest BCUT2D eigenvalue weighted by atomic mass is 19.1. The maximum Gasteiger partial charge on any atom is 0.266 e. The minimum absolute atomic E-state index is 0.208. The Bertz CT molecular complexity index is 1520. The largest absolute Gasteiger partial charge is 0.360 e. The van der Waals surface area contributed by atoms with Gasteiger partial charge in [-0.2, -0.15) is 0 Å². The predicted octanol–water partition coefficient (Wildman–Crippen LogP) is 4.25. The van der Waals surface area contributed by atoms with Gasteiger partial charge < -0.3 is 10.3 Å². The van der Waals surface area contributed by atoms with Crippen molar-refractivity contribution in [3.05, 3.63) is 88.6 Å². The van der Waals surface area contributed by atoms with E-state index in [2.05, 4.69) is 25.3 Å². The van der Waals surface area contributed by atoms with E-state index in [0.717, 1.165) is 22.8 Å². The summed E-state index contributed by atoms with van der Waals surface area (Å²) in [6.07, 6.45) is 2.79. The summed E-state index contributed by atoms with van der Waals surface area (Å²) in [4.78, 5) is 28.6. The van der Waals surface area contributed by atoms with Crippen LogP contribution in [-0.2, 0) is 0 Å². The molecule has 0 bridgehead atoms. The molecule has 0 spiro atoms. The van der Waals surface area contributed by atoms with Gasteiger partial charge in [0, 0.05) is 5.69 Å². The van der Waals surface area contributed by atoms with Crippen LogP contribution in [0.25, 0.3) is 27.6 Å². The summed E-state index contributed by atoms with van der Waals surface area (Å²) in [6, 6.07) is 8.27. The summed E-state index contributed by atoms with van der Waals surface area (Å²) in [5.74, 6) is -2.32. The van der Waals surface area contributed by atoms with Crippen LogP contribution < -0.4 is 10.9 Å². The van der Waals surface area contributed by atoms with E-state index < -0.39 is 34.7 Å². The van der Waals surface area contributed by atoms with Gasteiger partial charge in [-0.1, -0.05) is 18.2 Å². The number of pyridine rings is 1. The van der Waals surface area contributed by atoms with Crippen LogP contribution in [-0.4, -0.2) is 24.5 Å². The maximum absolute atomic E-state index is 14.7. The molecule has 0 fully saturated rings. The molecule has 0 saturated carbocycles. The highest BCUT2D eigenvalue weighted by Gasteiger charge is 2.23. The Labute approximate surface area is 178 Å². The van der Waals surface area contributed by atoms with Gasteiger partial charge in [-0.05, 0) is 36.6 Å². The number of aromatic amines is 1. The number of halogens is 3. The second kappa shape index (κ2) is 7.49. The molecule has 32 heavy (non-hydrogen) atoms. The number of H-pyrrole nitrogens is 1. The van der Waals surface area contributed by atoms with E-state index in [9.17, 15) is 18.0 Å².